The molecule has 0 aromatic carbocycles. The summed E-state index contributed by atoms with van der Waals surface area (Å²) in [5, 5.41) is 9.81. The van der Waals surface area contributed by atoms with E-state index in [4.69, 9.17) is 4.74 Å². The Balaban J connectivity index is 1.70. The van der Waals surface area contributed by atoms with Gasteiger partial charge in [0.15, 0.2) is 5.82 Å². The zero-order chi connectivity index (χ0) is 17.1. The van der Waals surface area contributed by atoms with Gasteiger partial charge in [0.05, 0.1) is 13.2 Å². The van der Waals surface area contributed by atoms with Crippen molar-refractivity contribution in [2.45, 2.75) is 51.7 Å². The van der Waals surface area contributed by atoms with Crippen molar-refractivity contribution >= 4 is 11.8 Å². The molecule has 0 radical (unpaired) electrons. The lowest BCUT2D eigenvalue weighted by atomic mass is 9.96. The number of morpholine rings is 1. The molecule has 24 heavy (non-hydrogen) atoms. The third-order valence-corrected chi connectivity index (χ3v) is 4.78. The Morgan fingerprint density at radius 2 is 2.12 bits per heavy atom. The number of carbonyl (C=O) groups excluding carboxylic acids is 2. The van der Waals surface area contributed by atoms with Crippen LogP contribution in [0.2, 0.25) is 0 Å². The molecule has 132 valence electrons. The lowest BCUT2D eigenvalue weighted by Gasteiger charge is -2.35. The van der Waals surface area contributed by atoms with Crippen LogP contribution >= 0.6 is 0 Å². The standard InChI is InChI=1S/C16H25N5O3/c1-10-17-15(20-19-10)13-9-21(7-8-24-13)16(23)14(18-11(2)22)12-5-3-4-6-12/h12-14H,3-9H2,1-2H3,(H,18,22)(H,17,19,20)/t13-,14+/m0/s1. The van der Waals surface area contributed by atoms with E-state index in [1.807, 2.05) is 6.92 Å². The summed E-state index contributed by atoms with van der Waals surface area (Å²) in [6.07, 6.45) is 3.90. The van der Waals surface area contributed by atoms with Gasteiger partial charge in [0.1, 0.15) is 18.0 Å². The van der Waals surface area contributed by atoms with Gasteiger partial charge in [-0.3, -0.25) is 14.7 Å². The molecule has 2 N–H and O–H groups in total. The SMILES string of the molecule is CC(=O)N[C@@H](C(=O)N1CCO[C@H](c2n[nH]c(C)n2)C1)C1CCCC1. The number of amides is 2. The lowest BCUT2D eigenvalue weighted by molar-refractivity contribution is -0.144. The molecule has 8 heteroatoms. The zero-order valence-electron chi connectivity index (χ0n) is 14.2. The molecule has 1 saturated heterocycles. The highest BCUT2D eigenvalue weighted by Gasteiger charge is 2.36. The smallest absolute Gasteiger partial charge is 0.245 e. The minimum absolute atomic E-state index is 0.0161. The molecule has 0 bridgehead atoms. The minimum Gasteiger partial charge on any atom is -0.366 e. The van der Waals surface area contributed by atoms with Crippen molar-refractivity contribution in [1.82, 2.24) is 25.4 Å². The summed E-state index contributed by atoms with van der Waals surface area (Å²) in [6, 6.07) is -0.433. The Morgan fingerprint density at radius 1 is 1.38 bits per heavy atom. The fourth-order valence-corrected chi connectivity index (χ4v) is 3.60. The summed E-state index contributed by atoms with van der Waals surface area (Å²) < 4.78 is 5.72. The molecule has 2 aliphatic rings. The van der Waals surface area contributed by atoms with Crippen LogP contribution in [-0.4, -0.2) is 57.6 Å². The summed E-state index contributed by atoms with van der Waals surface area (Å²) in [4.78, 5) is 30.6. The number of aromatic amines is 1. The first-order valence-electron chi connectivity index (χ1n) is 8.61. The van der Waals surface area contributed by atoms with Crippen LogP contribution in [0.15, 0.2) is 0 Å². The van der Waals surface area contributed by atoms with Gasteiger partial charge < -0.3 is 15.0 Å². The van der Waals surface area contributed by atoms with E-state index in [-0.39, 0.29) is 23.8 Å². The number of nitrogens with one attached hydrogen (secondary N) is 2. The average Bonchev–Trinajstić information content (AvgIpc) is 3.23. The highest BCUT2D eigenvalue weighted by molar-refractivity contribution is 5.87. The lowest BCUT2D eigenvalue weighted by Crippen LogP contribution is -2.54. The monoisotopic (exact) mass is 335 g/mol. The van der Waals surface area contributed by atoms with E-state index in [0.717, 1.165) is 31.5 Å². The van der Waals surface area contributed by atoms with Crippen molar-refractivity contribution in [2.24, 2.45) is 5.92 Å². The molecule has 1 aliphatic carbocycles. The molecular weight excluding hydrogens is 310 g/mol. The Kier molecular flexibility index (Phi) is 5.13. The Labute approximate surface area is 141 Å². The van der Waals surface area contributed by atoms with Crippen molar-refractivity contribution in [1.29, 1.82) is 0 Å². The largest absolute Gasteiger partial charge is 0.366 e. The van der Waals surface area contributed by atoms with E-state index >= 15 is 0 Å². The first kappa shape index (κ1) is 16.9. The number of hydrogen-bond donors (Lipinski definition) is 2. The molecule has 0 spiro atoms. The van der Waals surface area contributed by atoms with Crippen molar-refractivity contribution < 1.29 is 14.3 Å². The van der Waals surface area contributed by atoms with Gasteiger partial charge in [0.2, 0.25) is 11.8 Å². The van der Waals surface area contributed by atoms with Gasteiger partial charge in [-0.1, -0.05) is 12.8 Å². The molecule has 1 aliphatic heterocycles. The maximum Gasteiger partial charge on any atom is 0.245 e. The number of hydrogen-bond acceptors (Lipinski definition) is 5. The summed E-state index contributed by atoms with van der Waals surface area (Å²) in [6.45, 7) is 4.69. The van der Waals surface area contributed by atoms with Crippen LogP contribution in [0.3, 0.4) is 0 Å². The summed E-state index contributed by atoms with van der Waals surface area (Å²) in [5.74, 6) is 1.35. The number of nitrogens with zero attached hydrogens (tertiary/aromatic N) is 3. The molecule has 2 heterocycles. The molecule has 0 unspecified atom stereocenters. The highest BCUT2D eigenvalue weighted by atomic mass is 16.5. The summed E-state index contributed by atoms with van der Waals surface area (Å²) >= 11 is 0. The number of aryl methyl sites for hydroxylation is 1. The molecule has 8 nitrogen and oxygen atoms in total. The predicted molar refractivity (Wildman–Crippen MR) is 86.0 cm³/mol. The molecular formula is C16H25N5O3. The van der Waals surface area contributed by atoms with Gasteiger partial charge in [0.25, 0.3) is 0 Å². The van der Waals surface area contributed by atoms with Crippen molar-refractivity contribution in [3.05, 3.63) is 11.6 Å². The second kappa shape index (κ2) is 7.29. The van der Waals surface area contributed by atoms with E-state index < -0.39 is 6.04 Å². The Hall–Kier alpha value is -1.96. The van der Waals surface area contributed by atoms with Crippen LogP contribution < -0.4 is 5.32 Å². The Bertz CT molecular complexity index is 596. The Morgan fingerprint density at radius 3 is 2.75 bits per heavy atom. The maximum absolute atomic E-state index is 13.0. The van der Waals surface area contributed by atoms with Crippen LogP contribution in [-0.2, 0) is 14.3 Å². The summed E-state index contributed by atoms with van der Waals surface area (Å²) in [5.41, 5.74) is 0. The fraction of sp³-hybridized carbons (Fsp3) is 0.750. The van der Waals surface area contributed by atoms with E-state index in [0.29, 0.717) is 25.5 Å². The van der Waals surface area contributed by atoms with Gasteiger partial charge >= 0.3 is 0 Å². The first-order valence-corrected chi connectivity index (χ1v) is 8.61. The van der Waals surface area contributed by atoms with Crippen LogP contribution in [0.1, 0.15) is 50.4 Å². The fourth-order valence-electron chi connectivity index (χ4n) is 3.60. The van der Waals surface area contributed by atoms with Gasteiger partial charge in [-0.25, -0.2) is 4.98 Å². The average molecular weight is 335 g/mol. The quantitative estimate of drug-likeness (QED) is 0.844. The third-order valence-electron chi connectivity index (χ3n) is 4.78. The summed E-state index contributed by atoms with van der Waals surface area (Å²) in [7, 11) is 0. The van der Waals surface area contributed by atoms with Crippen molar-refractivity contribution in [3.8, 4) is 0 Å². The van der Waals surface area contributed by atoms with Crippen LogP contribution in [0, 0.1) is 12.8 Å². The molecule has 3 rings (SSSR count). The highest BCUT2D eigenvalue weighted by Crippen LogP contribution is 2.29. The van der Waals surface area contributed by atoms with E-state index in [1.165, 1.54) is 6.92 Å². The normalized spacial score (nSPS) is 23.2. The zero-order valence-corrected chi connectivity index (χ0v) is 14.2. The number of ether oxygens (including phenoxy) is 1. The van der Waals surface area contributed by atoms with E-state index in [2.05, 4.69) is 20.5 Å². The molecule has 1 aromatic heterocycles. The number of carbonyl (C=O) groups is 2. The molecule has 1 saturated carbocycles. The van der Waals surface area contributed by atoms with Gasteiger partial charge in [-0.2, -0.15) is 5.10 Å². The molecule has 2 amide bonds. The topological polar surface area (TPSA) is 100 Å². The van der Waals surface area contributed by atoms with Crippen molar-refractivity contribution in [2.75, 3.05) is 19.7 Å². The molecule has 1 aromatic rings. The maximum atomic E-state index is 13.0. The molecule has 2 atom stereocenters. The first-order chi connectivity index (χ1) is 11.5. The second-order valence-corrected chi connectivity index (χ2v) is 6.65. The number of rotatable bonds is 4. The predicted octanol–water partition coefficient (Wildman–Crippen LogP) is 0.708. The van der Waals surface area contributed by atoms with Crippen LogP contribution in [0.4, 0.5) is 0 Å². The van der Waals surface area contributed by atoms with E-state index in [9.17, 15) is 9.59 Å². The van der Waals surface area contributed by atoms with Gasteiger partial charge in [0, 0.05) is 13.5 Å². The van der Waals surface area contributed by atoms with Gasteiger partial charge in [-0.15, -0.1) is 0 Å². The minimum atomic E-state index is -0.433. The van der Waals surface area contributed by atoms with Crippen LogP contribution in [0.5, 0.6) is 0 Å². The second-order valence-electron chi connectivity index (χ2n) is 6.65. The molecule has 2 fully saturated rings. The third kappa shape index (κ3) is 3.75. The van der Waals surface area contributed by atoms with Crippen LogP contribution in [0.25, 0.3) is 0 Å². The van der Waals surface area contributed by atoms with Gasteiger partial charge in [-0.05, 0) is 25.7 Å². The van der Waals surface area contributed by atoms with Crippen molar-refractivity contribution in [3.63, 3.8) is 0 Å². The van der Waals surface area contributed by atoms with E-state index in [1.54, 1.807) is 4.90 Å². The number of aromatic nitrogens is 3. The number of H-pyrrole nitrogens is 1.